The molecule has 7 nitrogen and oxygen atoms in total. The first-order chi connectivity index (χ1) is 16.2. The third kappa shape index (κ3) is 4.27. The first-order valence-electron chi connectivity index (χ1n) is 11.5. The molecule has 33 heavy (non-hydrogen) atoms. The third-order valence-corrected chi connectivity index (χ3v) is 7.13. The number of nitrogens with zero attached hydrogens (tertiary/aromatic N) is 5. The van der Waals surface area contributed by atoms with Crippen molar-refractivity contribution in [3.8, 4) is 0 Å². The molecule has 0 fully saturated rings. The molecule has 1 atom stereocenters. The van der Waals surface area contributed by atoms with Crippen molar-refractivity contribution in [2.75, 3.05) is 23.3 Å². The van der Waals surface area contributed by atoms with Crippen LogP contribution in [0.3, 0.4) is 0 Å². The molecule has 0 radical (unpaired) electrons. The van der Waals surface area contributed by atoms with Crippen molar-refractivity contribution in [1.82, 2.24) is 19.7 Å². The van der Waals surface area contributed by atoms with Crippen LogP contribution in [0.25, 0.3) is 0 Å². The lowest BCUT2D eigenvalue weighted by Gasteiger charge is -2.32. The van der Waals surface area contributed by atoms with Gasteiger partial charge in [-0.15, -0.1) is 5.10 Å². The number of rotatable bonds is 7. The molecule has 0 spiro atoms. The second-order valence-corrected chi connectivity index (χ2v) is 9.18. The van der Waals surface area contributed by atoms with E-state index in [2.05, 4.69) is 53.3 Å². The summed E-state index contributed by atoms with van der Waals surface area (Å²) in [7, 11) is 0. The standard InChI is InChI=1S/C25H28N6OS/c1-3-30(4-2)19-13-11-17(12-14-19)23-22-20(9-7-10-21(22)32)27-24-28-25(29-31(23)24)33-16-18-8-5-6-15-26-18/h5-6,8,11-15,23H,3-4,7,9-10,16H2,1-2H3,(H,27,28,29)/t23-/m0/s1. The van der Waals surface area contributed by atoms with Gasteiger partial charge in [-0.25, -0.2) is 4.68 Å². The number of allylic oxidation sites excluding steroid dienone is 2. The molecule has 0 saturated heterocycles. The van der Waals surface area contributed by atoms with E-state index >= 15 is 0 Å². The molecule has 8 heteroatoms. The van der Waals surface area contributed by atoms with Crippen molar-refractivity contribution in [1.29, 1.82) is 0 Å². The SMILES string of the molecule is CCN(CC)c1ccc([C@H]2C3=C(CCCC3=O)Nc3nc(SCc4ccccn4)nn32)cc1. The van der Waals surface area contributed by atoms with Crippen LogP contribution in [0, 0.1) is 0 Å². The van der Waals surface area contributed by atoms with Gasteiger partial charge in [0.25, 0.3) is 0 Å². The molecule has 1 N–H and O–H groups in total. The molecule has 1 aromatic carbocycles. The van der Waals surface area contributed by atoms with Gasteiger partial charge in [0.1, 0.15) is 6.04 Å². The summed E-state index contributed by atoms with van der Waals surface area (Å²) in [4.78, 5) is 24.5. The maximum Gasteiger partial charge on any atom is 0.227 e. The Bertz CT molecular complexity index is 1170. The number of anilines is 2. The Morgan fingerprint density at radius 2 is 1.94 bits per heavy atom. The average Bonchev–Trinajstić information content (AvgIpc) is 3.26. The molecule has 2 aromatic heterocycles. The second kappa shape index (κ2) is 9.39. The maximum absolute atomic E-state index is 13.0. The van der Waals surface area contributed by atoms with Gasteiger partial charge in [-0.2, -0.15) is 4.98 Å². The Hall–Kier alpha value is -3.13. The van der Waals surface area contributed by atoms with Crippen LogP contribution < -0.4 is 10.2 Å². The van der Waals surface area contributed by atoms with Crippen molar-refractivity contribution in [2.45, 2.75) is 50.1 Å². The fourth-order valence-electron chi connectivity index (χ4n) is 4.58. The topological polar surface area (TPSA) is 75.9 Å². The molecule has 1 aliphatic heterocycles. The van der Waals surface area contributed by atoms with Gasteiger partial charge in [-0.3, -0.25) is 9.78 Å². The fourth-order valence-corrected chi connectivity index (χ4v) is 5.33. The van der Waals surface area contributed by atoms with Crippen LogP contribution in [0.4, 0.5) is 11.6 Å². The first-order valence-corrected chi connectivity index (χ1v) is 12.5. The van der Waals surface area contributed by atoms with Gasteiger partial charge in [0.15, 0.2) is 5.78 Å². The molecule has 2 aliphatic rings. The monoisotopic (exact) mass is 460 g/mol. The molecule has 0 unspecified atom stereocenters. The van der Waals surface area contributed by atoms with Crippen molar-refractivity contribution in [3.05, 3.63) is 71.2 Å². The minimum atomic E-state index is -0.258. The van der Waals surface area contributed by atoms with E-state index in [4.69, 9.17) is 10.1 Å². The van der Waals surface area contributed by atoms with Gasteiger partial charge < -0.3 is 10.2 Å². The Morgan fingerprint density at radius 1 is 1.12 bits per heavy atom. The summed E-state index contributed by atoms with van der Waals surface area (Å²) in [6, 6.07) is 14.2. The summed E-state index contributed by atoms with van der Waals surface area (Å²) in [6.45, 7) is 6.24. The van der Waals surface area contributed by atoms with E-state index in [9.17, 15) is 4.79 Å². The van der Waals surface area contributed by atoms with Gasteiger partial charge in [0.2, 0.25) is 11.1 Å². The van der Waals surface area contributed by atoms with E-state index in [1.165, 1.54) is 5.69 Å². The van der Waals surface area contributed by atoms with Crippen molar-refractivity contribution in [3.63, 3.8) is 0 Å². The second-order valence-electron chi connectivity index (χ2n) is 8.23. The number of hydrogen-bond acceptors (Lipinski definition) is 7. The molecule has 170 valence electrons. The van der Waals surface area contributed by atoms with Crippen LogP contribution in [0.1, 0.15) is 50.4 Å². The summed E-state index contributed by atoms with van der Waals surface area (Å²) >= 11 is 1.55. The lowest BCUT2D eigenvalue weighted by atomic mass is 9.85. The van der Waals surface area contributed by atoms with Gasteiger partial charge in [0, 0.05) is 48.4 Å². The van der Waals surface area contributed by atoms with Gasteiger partial charge in [-0.05, 0) is 56.5 Å². The molecule has 3 aromatic rings. The van der Waals surface area contributed by atoms with E-state index in [1.807, 2.05) is 22.9 Å². The van der Waals surface area contributed by atoms with Gasteiger partial charge >= 0.3 is 0 Å². The predicted octanol–water partition coefficient (Wildman–Crippen LogP) is 4.83. The van der Waals surface area contributed by atoms with E-state index in [0.717, 1.165) is 48.5 Å². The minimum Gasteiger partial charge on any atom is -0.372 e. The highest BCUT2D eigenvalue weighted by Crippen LogP contribution is 2.41. The molecule has 0 saturated carbocycles. The lowest BCUT2D eigenvalue weighted by Crippen LogP contribution is -2.31. The number of nitrogens with one attached hydrogen (secondary N) is 1. The number of pyridine rings is 1. The van der Waals surface area contributed by atoms with Crippen LogP contribution in [0.5, 0.6) is 0 Å². The molecule has 0 amide bonds. The summed E-state index contributed by atoms with van der Waals surface area (Å²) in [5.41, 5.74) is 5.05. The Kier molecular flexibility index (Phi) is 6.17. The highest BCUT2D eigenvalue weighted by molar-refractivity contribution is 7.98. The first kappa shape index (κ1) is 21.7. The molecular weight excluding hydrogens is 432 g/mol. The zero-order valence-corrected chi connectivity index (χ0v) is 19.8. The van der Waals surface area contributed by atoms with Crippen LogP contribution >= 0.6 is 11.8 Å². The zero-order valence-electron chi connectivity index (χ0n) is 19.0. The van der Waals surface area contributed by atoms with Gasteiger partial charge in [-0.1, -0.05) is 30.0 Å². The van der Waals surface area contributed by atoms with Crippen LogP contribution in [0.15, 0.2) is 65.1 Å². The van der Waals surface area contributed by atoms with E-state index in [0.29, 0.717) is 23.3 Å². The number of ketones is 1. The summed E-state index contributed by atoms with van der Waals surface area (Å²) in [6.07, 6.45) is 4.11. The number of carbonyl (C=O) groups excluding carboxylic acids is 1. The van der Waals surface area contributed by atoms with Crippen LogP contribution in [-0.2, 0) is 10.5 Å². The largest absolute Gasteiger partial charge is 0.372 e. The number of aromatic nitrogens is 4. The smallest absolute Gasteiger partial charge is 0.227 e. The number of carbonyl (C=O) groups is 1. The fraction of sp³-hybridized carbons (Fsp3) is 0.360. The van der Waals surface area contributed by atoms with Crippen LogP contribution in [-0.4, -0.2) is 38.6 Å². The number of fused-ring (bicyclic) bond motifs is 1. The summed E-state index contributed by atoms with van der Waals surface area (Å²) in [5, 5.41) is 8.91. The van der Waals surface area contributed by atoms with Crippen molar-refractivity contribution < 1.29 is 4.79 Å². The van der Waals surface area contributed by atoms with E-state index in [1.54, 1.807) is 18.0 Å². The Labute approximate surface area is 198 Å². The number of hydrogen-bond donors (Lipinski definition) is 1. The van der Waals surface area contributed by atoms with E-state index in [-0.39, 0.29) is 11.8 Å². The third-order valence-electron chi connectivity index (χ3n) is 6.26. The minimum absolute atomic E-state index is 0.199. The highest BCUT2D eigenvalue weighted by atomic mass is 32.2. The summed E-state index contributed by atoms with van der Waals surface area (Å²) < 4.78 is 1.88. The van der Waals surface area contributed by atoms with Crippen LogP contribution in [0.2, 0.25) is 0 Å². The number of Topliss-reactive ketones (excluding diaryl/α,β-unsaturated/α-hetero) is 1. The molecule has 5 rings (SSSR count). The summed E-state index contributed by atoms with van der Waals surface area (Å²) in [5.74, 6) is 1.59. The molecule has 1 aliphatic carbocycles. The molecule has 0 bridgehead atoms. The van der Waals surface area contributed by atoms with Gasteiger partial charge in [0.05, 0.1) is 5.69 Å². The maximum atomic E-state index is 13.0. The number of benzene rings is 1. The Morgan fingerprint density at radius 3 is 2.67 bits per heavy atom. The van der Waals surface area contributed by atoms with E-state index < -0.39 is 0 Å². The zero-order chi connectivity index (χ0) is 22.8. The average molecular weight is 461 g/mol. The Balaban J connectivity index is 1.49. The normalized spacial score (nSPS) is 17.4. The lowest BCUT2D eigenvalue weighted by molar-refractivity contribution is -0.116. The quantitative estimate of drug-likeness (QED) is 0.506. The van der Waals surface area contributed by atoms with Crippen molar-refractivity contribution >= 4 is 29.2 Å². The molecule has 3 heterocycles. The van der Waals surface area contributed by atoms with Crippen molar-refractivity contribution in [2.24, 2.45) is 0 Å². The number of thioether (sulfide) groups is 1. The predicted molar refractivity (Wildman–Crippen MR) is 131 cm³/mol. The highest BCUT2D eigenvalue weighted by Gasteiger charge is 2.36. The molecular formula is C25H28N6OS.